The molecule has 0 saturated heterocycles. The Kier molecular flexibility index (Phi) is 6.58. The van der Waals surface area contributed by atoms with Crippen molar-refractivity contribution in [3.05, 3.63) is 59.7 Å². The van der Waals surface area contributed by atoms with Gasteiger partial charge in [0.2, 0.25) is 12.7 Å². The number of anilines is 1. The zero-order chi connectivity index (χ0) is 23.5. The first-order valence-corrected chi connectivity index (χ1v) is 11.4. The van der Waals surface area contributed by atoms with Crippen LogP contribution < -0.4 is 14.4 Å². The molecule has 0 saturated carbocycles. The van der Waals surface area contributed by atoms with E-state index in [1.54, 1.807) is 18.2 Å². The minimum Gasteiger partial charge on any atom is -0.454 e. The summed E-state index contributed by atoms with van der Waals surface area (Å²) < 4.78 is 16.7. The van der Waals surface area contributed by atoms with Gasteiger partial charge in [0.05, 0.1) is 12.1 Å². The molecule has 0 bridgehead atoms. The van der Waals surface area contributed by atoms with E-state index in [1.165, 1.54) is 0 Å². The second-order valence-corrected chi connectivity index (χ2v) is 8.64. The number of nitrogens with zero attached hydrogens (tertiary/aromatic N) is 3. The maximum Gasteiger partial charge on any atom is 0.254 e. The van der Waals surface area contributed by atoms with E-state index in [1.807, 2.05) is 42.3 Å². The lowest BCUT2D eigenvalue weighted by Gasteiger charge is -2.30. The fraction of sp³-hybridized carbons (Fsp3) is 0.385. The van der Waals surface area contributed by atoms with Crippen LogP contribution in [0.4, 0.5) is 5.88 Å². The predicted molar refractivity (Wildman–Crippen MR) is 128 cm³/mol. The second kappa shape index (κ2) is 9.57. The van der Waals surface area contributed by atoms with Crippen molar-refractivity contribution in [2.45, 2.75) is 52.7 Å². The van der Waals surface area contributed by atoms with Crippen LogP contribution in [0.5, 0.6) is 11.5 Å². The molecule has 0 N–H and O–H groups in total. The molecular formula is C26H31N3O4. The van der Waals surface area contributed by atoms with Crippen molar-refractivity contribution in [1.29, 1.82) is 0 Å². The highest BCUT2D eigenvalue weighted by molar-refractivity contribution is 5.95. The molecule has 2 aromatic carbocycles. The van der Waals surface area contributed by atoms with E-state index in [9.17, 15) is 4.79 Å². The van der Waals surface area contributed by atoms with Gasteiger partial charge in [-0.05, 0) is 45.4 Å². The standard InChI is InChI=1S/C26H31N3O4/c1-6-18(4)29(25(30)20-12-13-22-23(14-20)32-16-31-22)15-21-24(19-10-8-7-9-11-19)27-33-26(21)28(5)17(2)3/h7-14,17-18H,6,15-16H2,1-5H3/t18-/m1/s1. The normalized spacial score (nSPS) is 13.3. The van der Waals surface area contributed by atoms with Crippen LogP contribution in [0, 0.1) is 0 Å². The summed E-state index contributed by atoms with van der Waals surface area (Å²) in [6.45, 7) is 8.89. The second-order valence-electron chi connectivity index (χ2n) is 8.64. The average Bonchev–Trinajstić information content (AvgIpc) is 3.48. The molecule has 0 fully saturated rings. The Morgan fingerprint density at radius 1 is 1.06 bits per heavy atom. The Hall–Kier alpha value is -3.48. The van der Waals surface area contributed by atoms with Gasteiger partial charge in [0.25, 0.3) is 5.91 Å². The predicted octanol–water partition coefficient (Wildman–Crippen LogP) is 5.36. The first-order valence-electron chi connectivity index (χ1n) is 11.4. The van der Waals surface area contributed by atoms with Crippen LogP contribution in [-0.4, -0.2) is 41.9 Å². The van der Waals surface area contributed by atoms with Crippen molar-refractivity contribution >= 4 is 11.8 Å². The van der Waals surface area contributed by atoms with Crippen LogP contribution in [0.3, 0.4) is 0 Å². The van der Waals surface area contributed by atoms with E-state index >= 15 is 0 Å². The van der Waals surface area contributed by atoms with E-state index < -0.39 is 0 Å². The molecule has 4 rings (SSSR count). The number of benzene rings is 2. The van der Waals surface area contributed by atoms with Crippen molar-refractivity contribution in [1.82, 2.24) is 10.1 Å². The summed E-state index contributed by atoms with van der Waals surface area (Å²) in [5, 5.41) is 4.42. The molecule has 33 heavy (non-hydrogen) atoms. The molecule has 0 aliphatic carbocycles. The van der Waals surface area contributed by atoms with Gasteiger partial charge < -0.3 is 23.8 Å². The first-order chi connectivity index (χ1) is 15.9. The van der Waals surface area contributed by atoms with Crippen LogP contribution in [0.1, 0.15) is 50.0 Å². The molecule has 2 heterocycles. The summed E-state index contributed by atoms with van der Waals surface area (Å²) in [7, 11) is 1.98. The quantitative estimate of drug-likeness (QED) is 0.461. The van der Waals surface area contributed by atoms with Gasteiger partial charge in [-0.1, -0.05) is 42.4 Å². The molecule has 3 aromatic rings. The molecule has 1 atom stereocenters. The Labute approximate surface area is 194 Å². The van der Waals surface area contributed by atoms with Crippen molar-refractivity contribution in [2.24, 2.45) is 0 Å². The zero-order valence-electron chi connectivity index (χ0n) is 19.9. The Bertz CT molecular complexity index is 1110. The monoisotopic (exact) mass is 449 g/mol. The lowest BCUT2D eigenvalue weighted by atomic mass is 10.0. The fourth-order valence-corrected chi connectivity index (χ4v) is 3.79. The molecule has 0 unspecified atom stereocenters. The van der Waals surface area contributed by atoms with E-state index in [0.717, 1.165) is 23.2 Å². The van der Waals surface area contributed by atoms with E-state index in [2.05, 4.69) is 37.8 Å². The molecular weight excluding hydrogens is 418 g/mol. The van der Waals surface area contributed by atoms with Gasteiger partial charge in [-0.15, -0.1) is 0 Å². The number of fused-ring (bicyclic) bond motifs is 1. The topological polar surface area (TPSA) is 68.0 Å². The largest absolute Gasteiger partial charge is 0.454 e. The third-order valence-corrected chi connectivity index (χ3v) is 6.24. The van der Waals surface area contributed by atoms with Gasteiger partial charge in [-0.25, -0.2) is 0 Å². The lowest BCUT2D eigenvalue weighted by molar-refractivity contribution is 0.0671. The number of carbonyl (C=O) groups excluding carboxylic acids is 1. The van der Waals surface area contributed by atoms with Crippen LogP contribution in [0.15, 0.2) is 53.1 Å². The maximum atomic E-state index is 13.7. The average molecular weight is 450 g/mol. The minimum absolute atomic E-state index is 0.0126. The Morgan fingerprint density at radius 3 is 2.48 bits per heavy atom. The van der Waals surface area contributed by atoms with Gasteiger partial charge in [0, 0.05) is 30.3 Å². The van der Waals surface area contributed by atoms with Crippen LogP contribution in [0.2, 0.25) is 0 Å². The Morgan fingerprint density at radius 2 is 1.79 bits per heavy atom. The molecule has 0 spiro atoms. The fourth-order valence-electron chi connectivity index (χ4n) is 3.79. The molecule has 0 radical (unpaired) electrons. The van der Waals surface area contributed by atoms with Crippen molar-refractivity contribution in [3.63, 3.8) is 0 Å². The maximum absolute atomic E-state index is 13.7. The summed E-state index contributed by atoms with van der Waals surface area (Å²) in [6, 6.07) is 15.5. The highest BCUT2D eigenvalue weighted by atomic mass is 16.7. The third kappa shape index (κ3) is 4.53. The Balaban J connectivity index is 1.74. The van der Waals surface area contributed by atoms with Gasteiger partial charge in [0.1, 0.15) is 5.69 Å². The number of ether oxygens (including phenoxy) is 2. The van der Waals surface area contributed by atoms with Gasteiger partial charge >= 0.3 is 0 Å². The molecule has 1 amide bonds. The smallest absolute Gasteiger partial charge is 0.254 e. The number of hydrogen-bond acceptors (Lipinski definition) is 6. The highest BCUT2D eigenvalue weighted by Gasteiger charge is 2.29. The molecule has 1 aliphatic rings. The van der Waals surface area contributed by atoms with Gasteiger partial charge in [-0.3, -0.25) is 4.79 Å². The minimum atomic E-state index is -0.0685. The summed E-state index contributed by atoms with van der Waals surface area (Å²) in [5.41, 5.74) is 3.17. The van der Waals surface area contributed by atoms with Crippen LogP contribution in [0.25, 0.3) is 11.3 Å². The molecule has 1 aliphatic heterocycles. The van der Waals surface area contributed by atoms with E-state index in [-0.39, 0.29) is 24.8 Å². The van der Waals surface area contributed by atoms with E-state index in [4.69, 9.17) is 14.0 Å². The summed E-state index contributed by atoms with van der Waals surface area (Å²) >= 11 is 0. The van der Waals surface area contributed by atoms with Gasteiger partial charge in [-0.2, -0.15) is 0 Å². The van der Waals surface area contributed by atoms with Crippen molar-refractivity contribution in [3.8, 4) is 22.8 Å². The van der Waals surface area contributed by atoms with Gasteiger partial charge in [0.15, 0.2) is 11.5 Å². The van der Waals surface area contributed by atoms with E-state index in [0.29, 0.717) is 29.5 Å². The highest BCUT2D eigenvalue weighted by Crippen LogP contribution is 2.35. The number of aromatic nitrogens is 1. The SMILES string of the molecule is CC[C@@H](C)N(Cc1c(-c2ccccc2)noc1N(C)C(C)C)C(=O)c1ccc2c(c1)OCO2. The summed E-state index contributed by atoms with van der Waals surface area (Å²) in [5.74, 6) is 1.87. The van der Waals surface area contributed by atoms with Crippen molar-refractivity contribution in [2.75, 3.05) is 18.7 Å². The number of amides is 1. The number of carbonyl (C=O) groups is 1. The number of hydrogen-bond donors (Lipinski definition) is 0. The lowest BCUT2D eigenvalue weighted by Crippen LogP contribution is -2.38. The molecule has 174 valence electrons. The molecule has 7 nitrogen and oxygen atoms in total. The molecule has 1 aromatic heterocycles. The third-order valence-electron chi connectivity index (χ3n) is 6.24. The summed E-state index contributed by atoms with van der Waals surface area (Å²) in [4.78, 5) is 17.6. The van der Waals surface area contributed by atoms with Crippen LogP contribution >= 0.6 is 0 Å². The number of rotatable bonds is 8. The molecule has 7 heteroatoms. The van der Waals surface area contributed by atoms with Crippen LogP contribution in [-0.2, 0) is 6.54 Å². The summed E-state index contributed by atoms with van der Waals surface area (Å²) in [6.07, 6.45) is 0.817. The zero-order valence-corrected chi connectivity index (χ0v) is 19.9. The van der Waals surface area contributed by atoms with Crippen molar-refractivity contribution < 1.29 is 18.8 Å². The first kappa shape index (κ1) is 22.7.